The summed E-state index contributed by atoms with van der Waals surface area (Å²) in [4.78, 5) is 8.29. The van der Waals surface area contributed by atoms with E-state index in [0.29, 0.717) is 17.3 Å². The van der Waals surface area contributed by atoms with Gasteiger partial charge in [0.1, 0.15) is 12.1 Å². The Hall–Kier alpha value is -1.85. The minimum atomic E-state index is 0.0526. The van der Waals surface area contributed by atoms with Gasteiger partial charge in [0.25, 0.3) is 0 Å². The van der Waals surface area contributed by atoms with E-state index in [1.165, 1.54) is 6.33 Å². The molecule has 2 aromatic rings. The number of nitrogens with one attached hydrogen (secondary N) is 1. The second-order valence-electron chi connectivity index (χ2n) is 4.48. The third-order valence-corrected chi connectivity index (χ3v) is 3.48. The Morgan fingerprint density at radius 3 is 2.67 bits per heavy atom. The number of rotatable bonds is 6. The van der Waals surface area contributed by atoms with Crippen molar-refractivity contribution in [2.24, 2.45) is 0 Å². The fourth-order valence-corrected chi connectivity index (χ4v) is 2.31. The number of aromatic nitrogens is 2. The summed E-state index contributed by atoms with van der Waals surface area (Å²) in [5.41, 5.74) is 1.92. The third-order valence-electron chi connectivity index (χ3n) is 3.24. The molecule has 21 heavy (non-hydrogen) atoms. The Morgan fingerprint density at radius 1 is 1.19 bits per heavy atom. The molecule has 1 aromatic carbocycles. The van der Waals surface area contributed by atoms with Crippen molar-refractivity contribution < 1.29 is 9.47 Å². The number of hydrogen-bond donors (Lipinski definition) is 1. The lowest BCUT2D eigenvalue weighted by molar-refractivity contribution is 0.393. The average Bonchev–Trinajstić information content (AvgIpc) is 2.53. The Balaban J connectivity index is 2.27. The summed E-state index contributed by atoms with van der Waals surface area (Å²) in [7, 11) is 5.12. The Kier molecular flexibility index (Phi) is 5.36. The molecule has 0 saturated carbocycles. The standard InChI is InChI=1S/C15H18ClN3O2/c1-17-13(7-11-8-15(21-3)19-9-18-11)12-5-4-10(16)6-14(12)20-2/h4-6,8-9,13,17H,7H2,1-3H3. The lowest BCUT2D eigenvalue weighted by Crippen LogP contribution is -2.20. The number of halogens is 1. The van der Waals surface area contributed by atoms with Crippen molar-refractivity contribution in [2.75, 3.05) is 21.3 Å². The summed E-state index contributed by atoms with van der Waals surface area (Å²) < 4.78 is 10.5. The van der Waals surface area contributed by atoms with E-state index in [1.807, 2.05) is 31.3 Å². The molecule has 0 bridgehead atoms. The largest absolute Gasteiger partial charge is 0.496 e. The molecule has 0 fully saturated rings. The maximum atomic E-state index is 6.01. The quantitative estimate of drug-likeness (QED) is 0.889. The predicted molar refractivity (Wildman–Crippen MR) is 82.1 cm³/mol. The van der Waals surface area contributed by atoms with Crippen LogP contribution < -0.4 is 14.8 Å². The van der Waals surface area contributed by atoms with Gasteiger partial charge in [-0.1, -0.05) is 17.7 Å². The molecule has 0 aliphatic carbocycles. The molecule has 1 aromatic heterocycles. The first-order valence-corrected chi connectivity index (χ1v) is 6.91. The van der Waals surface area contributed by atoms with Gasteiger partial charge in [0.2, 0.25) is 5.88 Å². The van der Waals surface area contributed by atoms with Crippen LogP contribution in [0.25, 0.3) is 0 Å². The highest BCUT2D eigenvalue weighted by molar-refractivity contribution is 6.30. The molecule has 1 atom stereocenters. The van der Waals surface area contributed by atoms with Crippen LogP contribution in [-0.2, 0) is 6.42 Å². The van der Waals surface area contributed by atoms with Crippen LogP contribution in [0.2, 0.25) is 5.02 Å². The van der Waals surface area contributed by atoms with Crippen molar-refractivity contribution >= 4 is 11.6 Å². The molecule has 1 N–H and O–H groups in total. The first kappa shape index (κ1) is 15.5. The van der Waals surface area contributed by atoms with E-state index in [2.05, 4.69) is 15.3 Å². The van der Waals surface area contributed by atoms with E-state index >= 15 is 0 Å². The van der Waals surface area contributed by atoms with Gasteiger partial charge in [-0.2, -0.15) is 0 Å². The van der Waals surface area contributed by atoms with Gasteiger partial charge in [0.05, 0.1) is 14.2 Å². The molecule has 0 amide bonds. The van der Waals surface area contributed by atoms with Crippen molar-refractivity contribution in [3.63, 3.8) is 0 Å². The van der Waals surface area contributed by atoms with Gasteiger partial charge < -0.3 is 14.8 Å². The van der Waals surface area contributed by atoms with Crippen molar-refractivity contribution in [3.05, 3.63) is 46.9 Å². The van der Waals surface area contributed by atoms with E-state index in [1.54, 1.807) is 14.2 Å². The van der Waals surface area contributed by atoms with Crippen LogP contribution in [0.15, 0.2) is 30.6 Å². The molecular weight excluding hydrogens is 290 g/mol. The molecule has 0 aliphatic heterocycles. The number of nitrogens with zero attached hydrogens (tertiary/aromatic N) is 2. The molecule has 112 valence electrons. The lowest BCUT2D eigenvalue weighted by Gasteiger charge is -2.19. The Bertz CT molecular complexity index is 607. The first-order chi connectivity index (χ1) is 10.2. The maximum absolute atomic E-state index is 6.01. The molecular formula is C15H18ClN3O2. The van der Waals surface area contributed by atoms with Crippen LogP contribution in [0, 0.1) is 0 Å². The summed E-state index contributed by atoms with van der Waals surface area (Å²) in [5.74, 6) is 1.31. The minimum Gasteiger partial charge on any atom is -0.496 e. The molecule has 1 heterocycles. The highest BCUT2D eigenvalue weighted by Gasteiger charge is 2.16. The summed E-state index contributed by atoms with van der Waals surface area (Å²) in [5, 5.41) is 3.92. The zero-order chi connectivity index (χ0) is 15.2. The van der Waals surface area contributed by atoms with Crippen molar-refractivity contribution in [2.45, 2.75) is 12.5 Å². The molecule has 5 nitrogen and oxygen atoms in total. The SMILES string of the molecule is CNC(Cc1cc(OC)ncn1)c1ccc(Cl)cc1OC. The number of benzene rings is 1. The fraction of sp³-hybridized carbons (Fsp3) is 0.333. The zero-order valence-corrected chi connectivity index (χ0v) is 13.0. The zero-order valence-electron chi connectivity index (χ0n) is 12.3. The van der Waals surface area contributed by atoms with Gasteiger partial charge in [-0.3, -0.25) is 0 Å². The molecule has 0 spiro atoms. The van der Waals surface area contributed by atoms with Gasteiger partial charge in [-0.15, -0.1) is 0 Å². The molecule has 0 saturated heterocycles. The summed E-state index contributed by atoms with van der Waals surface area (Å²) in [6.45, 7) is 0. The van der Waals surface area contributed by atoms with E-state index < -0.39 is 0 Å². The smallest absolute Gasteiger partial charge is 0.216 e. The summed E-state index contributed by atoms with van der Waals surface area (Å²) in [6, 6.07) is 7.50. The van der Waals surface area contributed by atoms with Crippen LogP contribution in [0.4, 0.5) is 0 Å². The van der Waals surface area contributed by atoms with Crippen LogP contribution in [-0.4, -0.2) is 31.2 Å². The number of methoxy groups -OCH3 is 2. The Labute approximate surface area is 129 Å². The second-order valence-corrected chi connectivity index (χ2v) is 4.92. The Morgan fingerprint density at radius 2 is 2.00 bits per heavy atom. The first-order valence-electron chi connectivity index (χ1n) is 6.53. The van der Waals surface area contributed by atoms with Crippen LogP contribution in [0.5, 0.6) is 11.6 Å². The maximum Gasteiger partial charge on any atom is 0.216 e. The van der Waals surface area contributed by atoms with E-state index in [0.717, 1.165) is 17.0 Å². The monoisotopic (exact) mass is 307 g/mol. The second kappa shape index (κ2) is 7.24. The van der Waals surface area contributed by atoms with E-state index in [9.17, 15) is 0 Å². The number of ether oxygens (including phenoxy) is 2. The van der Waals surface area contributed by atoms with Crippen LogP contribution in [0.1, 0.15) is 17.3 Å². The number of likely N-dealkylation sites (N-methyl/N-ethyl adjacent to an activating group) is 1. The van der Waals surface area contributed by atoms with E-state index in [4.69, 9.17) is 21.1 Å². The van der Waals surface area contributed by atoms with Gasteiger partial charge >= 0.3 is 0 Å². The van der Waals surface area contributed by atoms with Gasteiger partial charge in [0.15, 0.2) is 0 Å². The summed E-state index contributed by atoms with van der Waals surface area (Å²) >= 11 is 6.01. The summed E-state index contributed by atoms with van der Waals surface area (Å²) in [6.07, 6.45) is 2.19. The van der Waals surface area contributed by atoms with E-state index in [-0.39, 0.29) is 6.04 Å². The van der Waals surface area contributed by atoms with Crippen molar-refractivity contribution in [1.82, 2.24) is 15.3 Å². The molecule has 2 rings (SSSR count). The predicted octanol–water partition coefficient (Wildman–Crippen LogP) is 2.65. The van der Waals surface area contributed by atoms with Crippen LogP contribution >= 0.6 is 11.6 Å². The van der Waals surface area contributed by atoms with Crippen molar-refractivity contribution in [1.29, 1.82) is 0 Å². The van der Waals surface area contributed by atoms with Gasteiger partial charge in [-0.25, -0.2) is 9.97 Å². The van der Waals surface area contributed by atoms with Gasteiger partial charge in [-0.05, 0) is 19.2 Å². The third kappa shape index (κ3) is 3.83. The normalized spacial score (nSPS) is 12.0. The van der Waals surface area contributed by atoms with Crippen LogP contribution in [0.3, 0.4) is 0 Å². The van der Waals surface area contributed by atoms with Gasteiger partial charge in [0, 0.05) is 34.8 Å². The average molecular weight is 308 g/mol. The topological polar surface area (TPSA) is 56.3 Å². The fourth-order valence-electron chi connectivity index (χ4n) is 2.15. The minimum absolute atomic E-state index is 0.0526. The lowest BCUT2D eigenvalue weighted by atomic mass is 10.0. The molecule has 1 unspecified atom stereocenters. The molecule has 0 radical (unpaired) electrons. The molecule has 6 heteroatoms. The highest BCUT2D eigenvalue weighted by atomic mass is 35.5. The van der Waals surface area contributed by atoms with Crippen molar-refractivity contribution in [3.8, 4) is 11.6 Å². The molecule has 0 aliphatic rings. The highest BCUT2D eigenvalue weighted by Crippen LogP contribution is 2.30. The number of hydrogen-bond acceptors (Lipinski definition) is 5.